The van der Waals surface area contributed by atoms with Gasteiger partial charge in [-0.05, 0) is 26.0 Å². The van der Waals surface area contributed by atoms with E-state index < -0.39 is 0 Å². The van der Waals surface area contributed by atoms with Gasteiger partial charge in [-0.1, -0.05) is 38.0 Å². The van der Waals surface area contributed by atoms with Crippen LogP contribution in [0.1, 0.15) is 42.3 Å². The molecule has 16 heavy (non-hydrogen) atoms. The normalized spacial score (nSPS) is 11.6. The van der Waals surface area contributed by atoms with E-state index in [1.165, 1.54) is 0 Å². The van der Waals surface area contributed by atoms with Gasteiger partial charge in [0.25, 0.3) is 0 Å². The van der Waals surface area contributed by atoms with Gasteiger partial charge in [0.15, 0.2) is 5.78 Å². The lowest BCUT2D eigenvalue weighted by molar-refractivity contribution is 0.102. The quantitative estimate of drug-likeness (QED) is 0.737. The molecule has 0 fully saturated rings. The first kappa shape index (κ1) is 13.3. The van der Waals surface area contributed by atoms with Gasteiger partial charge >= 0.3 is 0 Å². The van der Waals surface area contributed by atoms with Crippen molar-refractivity contribution in [2.24, 2.45) is 0 Å². The minimum Gasteiger partial charge on any atom is -0.293 e. The summed E-state index contributed by atoms with van der Waals surface area (Å²) in [5, 5.41) is 0. The molecule has 0 aliphatic rings. The Kier molecular flexibility index (Phi) is 4.20. The first-order chi connectivity index (χ1) is 7.28. The van der Waals surface area contributed by atoms with Crippen LogP contribution in [0.25, 0.3) is 0 Å². The molecule has 0 saturated heterocycles. The molecular weight excluding hydrogens is 216 g/mol. The highest BCUT2D eigenvalue weighted by Crippen LogP contribution is 2.24. The highest BCUT2D eigenvalue weighted by Gasteiger charge is 2.14. The number of benzene rings is 1. The van der Waals surface area contributed by atoms with Crippen LogP contribution >= 0.6 is 11.8 Å². The summed E-state index contributed by atoms with van der Waals surface area (Å²) in [6.07, 6.45) is 0. The van der Waals surface area contributed by atoms with E-state index in [2.05, 4.69) is 26.8 Å². The molecule has 0 aromatic heterocycles. The number of ketones is 1. The smallest absolute Gasteiger partial charge is 0.172 e. The Hall–Kier alpha value is -0.760. The maximum Gasteiger partial charge on any atom is 0.172 e. The number of carbonyl (C=O) groups excluding carboxylic acids is 1. The molecular formula is C14H20OS. The van der Waals surface area contributed by atoms with E-state index in [1.807, 2.05) is 26.0 Å². The third-order valence-corrected chi connectivity index (χ3v) is 3.45. The summed E-state index contributed by atoms with van der Waals surface area (Å²) >= 11 is 1.70. The van der Waals surface area contributed by atoms with Crippen molar-refractivity contribution in [1.29, 1.82) is 0 Å². The lowest BCUT2D eigenvalue weighted by Crippen LogP contribution is -2.13. The van der Waals surface area contributed by atoms with E-state index in [-0.39, 0.29) is 10.5 Å². The zero-order chi connectivity index (χ0) is 12.3. The second-order valence-corrected chi connectivity index (χ2v) is 7.00. The number of thioether (sulfide) groups is 1. The monoisotopic (exact) mass is 236 g/mol. The summed E-state index contributed by atoms with van der Waals surface area (Å²) < 4.78 is 0.147. The van der Waals surface area contributed by atoms with Crippen LogP contribution in [0, 0.1) is 13.8 Å². The zero-order valence-electron chi connectivity index (χ0n) is 10.8. The highest BCUT2D eigenvalue weighted by molar-refractivity contribution is 8.01. The molecule has 1 aromatic carbocycles. The van der Waals surface area contributed by atoms with Crippen LogP contribution in [-0.2, 0) is 0 Å². The first-order valence-electron chi connectivity index (χ1n) is 5.53. The molecule has 0 aliphatic carbocycles. The molecule has 0 spiro atoms. The van der Waals surface area contributed by atoms with Gasteiger partial charge in [-0.25, -0.2) is 0 Å². The Balaban J connectivity index is 2.73. The van der Waals surface area contributed by atoms with E-state index in [1.54, 1.807) is 11.8 Å². The predicted molar refractivity (Wildman–Crippen MR) is 72.5 cm³/mol. The zero-order valence-corrected chi connectivity index (χ0v) is 11.6. The topological polar surface area (TPSA) is 17.1 Å². The molecule has 0 saturated carbocycles. The van der Waals surface area contributed by atoms with Crippen LogP contribution in [0.5, 0.6) is 0 Å². The highest BCUT2D eigenvalue weighted by atomic mass is 32.2. The fraction of sp³-hybridized carbons (Fsp3) is 0.500. The van der Waals surface area contributed by atoms with E-state index in [9.17, 15) is 4.79 Å². The fourth-order valence-corrected chi connectivity index (χ4v) is 2.23. The largest absolute Gasteiger partial charge is 0.293 e. The van der Waals surface area contributed by atoms with Gasteiger partial charge in [-0.3, -0.25) is 4.79 Å². The number of rotatable bonds is 3. The van der Waals surface area contributed by atoms with E-state index in [0.717, 1.165) is 16.7 Å². The van der Waals surface area contributed by atoms with Crippen LogP contribution in [-0.4, -0.2) is 16.3 Å². The van der Waals surface area contributed by atoms with Crippen molar-refractivity contribution in [2.45, 2.75) is 39.4 Å². The van der Waals surface area contributed by atoms with Gasteiger partial charge in [0, 0.05) is 10.3 Å². The lowest BCUT2D eigenvalue weighted by Gasteiger charge is -2.16. The lowest BCUT2D eigenvalue weighted by atomic mass is 10.1. The van der Waals surface area contributed by atoms with Crippen molar-refractivity contribution in [2.75, 3.05) is 5.75 Å². The van der Waals surface area contributed by atoms with Crippen LogP contribution in [0.2, 0.25) is 0 Å². The van der Waals surface area contributed by atoms with Crippen molar-refractivity contribution in [1.82, 2.24) is 0 Å². The van der Waals surface area contributed by atoms with Crippen LogP contribution in [0.4, 0.5) is 0 Å². The third-order valence-electron chi connectivity index (χ3n) is 2.18. The summed E-state index contributed by atoms with van der Waals surface area (Å²) in [5.74, 6) is 0.790. The summed E-state index contributed by atoms with van der Waals surface area (Å²) in [5.41, 5.74) is 3.16. The molecule has 88 valence electrons. The van der Waals surface area contributed by atoms with Crippen LogP contribution < -0.4 is 0 Å². The van der Waals surface area contributed by atoms with Gasteiger partial charge in [-0.2, -0.15) is 0 Å². The molecule has 1 nitrogen and oxygen atoms in total. The van der Waals surface area contributed by atoms with E-state index in [4.69, 9.17) is 0 Å². The Morgan fingerprint density at radius 1 is 1.12 bits per heavy atom. The van der Waals surface area contributed by atoms with Crippen LogP contribution in [0.3, 0.4) is 0 Å². The van der Waals surface area contributed by atoms with Crippen molar-refractivity contribution in [3.05, 3.63) is 34.9 Å². The second-order valence-electron chi connectivity index (χ2n) is 5.20. The molecule has 0 radical (unpaired) electrons. The SMILES string of the molecule is Cc1cc(C)cc(C(=O)CSC(C)(C)C)c1. The third kappa shape index (κ3) is 4.40. The Morgan fingerprint density at radius 2 is 1.62 bits per heavy atom. The summed E-state index contributed by atoms with van der Waals surface area (Å²) in [6, 6.07) is 6.03. The Labute approximate surface area is 103 Å². The number of hydrogen-bond acceptors (Lipinski definition) is 2. The Morgan fingerprint density at radius 3 is 2.06 bits per heavy atom. The predicted octanol–water partition coefficient (Wildman–Crippen LogP) is 4.02. The maximum absolute atomic E-state index is 12.0. The average molecular weight is 236 g/mol. The Bertz CT molecular complexity index is 368. The number of hydrogen-bond donors (Lipinski definition) is 0. The second kappa shape index (κ2) is 5.05. The first-order valence-corrected chi connectivity index (χ1v) is 6.52. The summed E-state index contributed by atoms with van der Waals surface area (Å²) in [6.45, 7) is 10.5. The van der Waals surface area contributed by atoms with Gasteiger partial charge in [0.1, 0.15) is 0 Å². The molecule has 2 heteroatoms. The molecule has 0 N–H and O–H groups in total. The number of aryl methyl sites for hydroxylation is 2. The molecule has 1 rings (SSSR count). The minimum atomic E-state index is 0.147. The van der Waals surface area contributed by atoms with E-state index in [0.29, 0.717) is 5.75 Å². The summed E-state index contributed by atoms with van der Waals surface area (Å²) in [7, 11) is 0. The van der Waals surface area contributed by atoms with Crippen molar-refractivity contribution < 1.29 is 4.79 Å². The molecule has 0 heterocycles. The van der Waals surface area contributed by atoms with Gasteiger partial charge < -0.3 is 0 Å². The van der Waals surface area contributed by atoms with Crippen molar-refractivity contribution >= 4 is 17.5 Å². The number of carbonyl (C=O) groups is 1. The molecule has 0 aliphatic heterocycles. The standard InChI is InChI=1S/C14H20OS/c1-10-6-11(2)8-12(7-10)13(15)9-16-14(3,4)5/h6-8H,9H2,1-5H3. The molecule has 1 aromatic rings. The van der Waals surface area contributed by atoms with Gasteiger partial charge in [0.2, 0.25) is 0 Å². The van der Waals surface area contributed by atoms with Gasteiger partial charge in [0.05, 0.1) is 5.75 Å². The van der Waals surface area contributed by atoms with Crippen molar-refractivity contribution in [3.8, 4) is 0 Å². The molecule has 0 bridgehead atoms. The number of Topliss-reactive ketones (excluding diaryl/α,β-unsaturated/α-hetero) is 1. The van der Waals surface area contributed by atoms with E-state index >= 15 is 0 Å². The molecule has 0 unspecified atom stereocenters. The summed E-state index contributed by atoms with van der Waals surface area (Å²) in [4.78, 5) is 12.0. The molecule has 0 atom stereocenters. The van der Waals surface area contributed by atoms with Gasteiger partial charge in [-0.15, -0.1) is 11.8 Å². The minimum absolute atomic E-state index is 0.147. The van der Waals surface area contributed by atoms with Crippen LogP contribution in [0.15, 0.2) is 18.2 Å². The van der Waals surface area contributed by atoms with Crippen molar-refractivity contribution in [3.63, 3.8) is 0 Å². The molecule has 0 amide bonds. The fourth-order valence-electron chi connectivity index (χ4n) is 1.50. The maximum atomic E-state index is 12.0. The average Bonchev–Trinajstić information content (AvgIpc) is 2.11.